The highest BCUT2D eigenvalue weighted by molar-refractivity contribution is 8.25. The van der Waals surface area contributed by atoms with Gasteiger partial charge in [0.1, 0.15) is 0 Å². The van der Waals surface area contributed by atoms with Gasteiger partial charge in [0.25, 0.3) is 0 Å². The maximum atomic E-state index is 12.0. The normalized spacial score (nSPS) is 26.9. The zero-order chi connectivity index (χ0) is 11.7. The average Bonchev–Trinajstić information content (AvgIpc) is 3.02. The van der Waals surface area contributed by atoms with E-state index >= 15 is 0 Å². The Morgan fingerprint density at radius 1 is 1.18 bits per heavy atom. The number of rotatable bonds is 3. The highest BCUT2D eigenvalue weighted by Crippen LogP contribution is 2.49. The maximum Gasteiger partial charge on any atom is 0.161 e. The third kappa shape index (κ3) is 2.61. The van der Waals surface area contributed by atoms with Gasteiger partial charge in [0.2, 0.25) is 0 Å². The summed E-state index contributed by atoms with van der Waals surface area (Å²) < 4.78 is 1.22. The number of allylic oxidation sites excluding steroid dienone is 1. The average molecular weight is 262 g/mol. The van der Waals surface area contributed by atoms with Crippen molar-refractivity contribution >= 4 is 29.3 Å². The van der Waals surface area contributed by atoms with Crippen LogP contribution in [-0.2, 0) is 4.79 Å². The van der Waals surface area contributed by atoms with Crippen LogP contribution >= 0.6 is 23.5 Å². The van der Waals surface area contributed by atoms with Crippen LogP contribution in [0.25, 0.3) is 0 Å². The van der Waals surface area contributed by atoms with E-state index in [1.165, 1.54) is 9.80 Å². The molecule has 2 fully saturated rings. The summed E-state index contributed by atoms with van der Waals surface area (Å²) >= 11 is 3.63. The summed E-state index contributed by atoms with van der Waals surface area (Å²) in [6.45, 7) is 0. The molecule has 2 atom stereocenters. The zero-order valence-electron chi connectivity index (χ0n) is 9.46. The van der Waals surface area contributed by atoms with E-state index in [-0.39, 0.29) is 5.92 Å². The van der Waals surface area contributed by atoms with Crippen molar-refractivity contribution in [3.05, 3.63) is 46.2 Å². The van der Waals surface area contributed by atoms with Gasteiger partial charge < -0.3 is 0 Å². The van der Waals surface area contributed by atoms with Gasteiger partial charge in [-0.3, -0.25) is 4.79 Å². The second-order valence-electron chi connectivity index (χ2n) is 4.42. The van der Waals surface area contributed by atoms with Gasteiger partial charge in [-0.15, -0.1) is 23.5 Å². The van der Waals surface area contributed by atoms with Crippen molar-refractivity contribution in [3.63, 3.8) is 0 Å². The number of hydrogen-bond acceptors (Lipinski definition) is 3. The molecule has 3 heteroatoms. The van der Waals surface area contributed by atoms with Gasteiger partial charge in [-0.25, -0.2) is 0 Å². The molecule has 2 aliphatic rings. The summed E-state index contributed by atoms with van der Waals surface area (Å²) in [5.41, 5.74) is 1.32. The number of ketones is 1. The molecule has 1 nitrogen and oxygen atoms in total. The lowest BCUT2D eigenvalue weighted by Crippen LogP contribution is -1.97. The smallest absolute Gasteiger partial charge is 0.161 e. The van der Waals surface area contributed by atoms with Crippen LogP contribution in [0.5, 0.6) is 0 Å². The minimum atomic E-state index is 0.242. The Morgan fingerprint density at radius 3 is 2.59 bits per heavy atom. The molecule has 0 radical (unpaired) electrons. The van der Waals surface area contributed by atoms with Crippen molar-refractivity contribution in [3.8, 4) is 0 Å². The lowest BCUT2D eigenvalue weighted by molar-refractivity contribution is -0.115. The second-order valence-corrected chi connectivity index (χ2v) is 6.95. The van der Waals surface area contributed by atoms with Gasteiger partial charge >= 0.3 is 0 Å². The highest BCUT2D eigenvalue weighted by atomic mass is 32.2. The number of benzene rings is 1. The largest absolute Gasteiger partial charge is 0.294 e. The number of carbonyl (C=O) groups excluding carboxylic acids is 1. The fraction of sp³-hybridized carbons (Fsp3) is 0.357. The van der Waals surface area contributed by atoms with Gasteiger partial charge in [-0.1, -0.05) is 30.3 Å². The Labute approximate surface area is 110 Å². The van der Waals surface area contributed by atoms with E-state index in [9.17, 15) is 4.79 Å². The molecule has 88 valence electrons. The summed E-state index contributed by atoms with van der Waals surface area (Å²) in [6.07, 6.45) is 2.90. The predicted molar refractivity (Wildman–Crippen MR) is 75.3 cm³/mol. The summed E-state index contributed by atoms with van der Waals surface area (Å²) in [5, 5.41) is 0. The van der Waals surface area contributed by atoms with E-state index in [1.54, 1.807) is 0 Å². The molecule has 0 unspecified atom stereocenters. The molecule has 0 bridgehead atoms. The molecule has 0 spiro atoms. The van der Waals surface area contributed by atoms with E-state index in [0.29, 0.717) is 11.7 Å². The zero-order valence-corrected chi connectivity index (χ0v) is 11.1. The van der Waals surface area contributed by atoms with E-state index in [4.69, 9.17) is 0 Å². The second kappa shape index (κ2) is 4.91. The molecular weight excluding hydrogens is 248 g/mol. The Balaban J connectivity index is 1.65. The minimum absolute atomic E-state index is 0.242. The van der Waals surface area contributed by atoms with Crippen LogP contribution in [0.2, 0.25) is 0 Å². The first-order valence-electron chi connectivity index (χ1n) is 5.90. The van der Waals surface area contributed by atoms with Crippen LogP contribution in [0.3, 0.4) is 0 Å². The SMILES string of the molecule is O=C(C=C1SCCS1)[C@H]1C[C@H]1c1ccccc1. The lowest BCUT2D eigenvalue weighted by Gasteiger charge is -1.98. The molecule has 1 heterocycles. The molecule has 0 amide bonds. The van der Waals surface area contributed by atoms with Crippen LogP contribution in [0.4, 0.5) is 0 Å². The van der Waals surface area contributed by atoms with Gasteiger partial charge in [-0.2, -0.15) is 0 Å². The number of carbonyl (C=O) groups is 1. The van der Waals surface area contributed by atoms with E-state index in [2.05, 4.69) is 24.3 Å². The van der Waals surface area contributed by atoms with E-state index in [0.717, 1.165) is 17.9 Å². The standard InChI is InChI=1S/C14H14OS2/c15-13(9-14-16-6-7-17-14)12-8-11(12)10-4-2-1-3-5-10/h1-5,9,11-12H,6-8H2/t11-,12-/m0/s1. The molecule has 1 aliphatic heterocycles. The Hall–Kier alpha value is -0.670. The Morgan fingerprint density at radius 2 is 1.88 bits per heavy atom. The van der Waals surface area contributed by atoms with Gasteiger partial charge in [0, 0.05) is 27.7 Å². The van der Waals surface area contributed by atoms with Gasteiger partial charge in [0.15, 0.2) is 5.78 Å². The molecule has 1 aromatic rings. The monoisotopic (exact) mass is 262 g/mol. The van der Waals surface area contributed by atoms with Crippen molar-refractivity contribution in [1.29, 1.82) is 0 Å². The van der Waals surface area contributed by atoms with E-state index in [1.807, 2.05) is 35.7 Å². The van der Waals surface area contributed by atoms with Crippen molar-refractivity contribution in [2.24, 2.45) is 5.92 Å². The van der Waals surface area contributed by atoms with Crippen LogP contribution in [-0.4, -0.2) is 17.3 Å². The molecule has 3 rings (SSSR count). The highest BCUT2D eigenvalue weighted by Gasteiger charge is 2.42. The Bertz CT molecular complexity index is 445. The molecule has 17 heavy (non-hydrogen) atoms. The molecule has 0 aromatic heterocycles. The first-order chi connectivity index (χ1) is 8.34. The van der Waals surface area contributed by atoms with Gasteiger partial charge in [0.05, 0.1) is 0 Å². The Kier molecular flexibility index (Phi) is 3.30. The molecule has 1 saturated heterocycles. The van der Waals surface area contributed by atoms with Crippen molar-refractivity contribution in [2.75, 3.05) is 11.5 Å². The first-order valence-corrected chi connectivity index (χ1v) is 7.88. The fourth-order valence-electron chi connectivity index (χ4n) is 2.21. The summed E-state index contributed by atoms with van der Waals surface area (Å²) in [6, 6.07) is 10.4. The summed E-state index contributed by atoms with van der Waals surface area (Å²) in [7, 11) is 0. The van der Waals surface area contributed by atoms with Crippen LogP contribution in [0.15, 0.2) is 40.6 Å². The van der Waals surface area contributed by atoms with E-state index < -0.39 is 0 Å². The van der Waals surface area contributed by atoms with Crippen molar-refractivity contribution in [1.82, 2.24) is 0 Å². The molecule has 1 aromatic carbocycles. The minimum Gasteiger partial charge on any atom is -0.294 e. The summed E-state index contributed by atoms with van der Waals surface area (Å²) in [4.78, 5) is 12.0. The predicted octanol–water partition coefficient (Wildman–Crippen LogP) is 3.68. The quantitative estimate of drug-likeness (QED) is 0.774. The van der Waals surface area contributed by atoms with Crippen LogP contribution < -0.4 is 0 Å². The molecule has 1 saturated carbocycles. The third-order valence-electron chi connectivity index (χ3n) is 3.22. The molecule has 1 aliphatic carbocycles. The van der Waals surface area contributed by atoms with Crippen LogP contribution in [0, 0.1) is 5.92 Å². The topological polar surface area (TPSA) is 17.1 Å². The first kappa shape index (κ1) is 11.4. The molecular formula is C14H14OS2. The lowest BCUT2D eigenvalue weighted by atomic mass is 10.1. The number of thioether (sulfide) groups is 2. The van der Waals surface area contributed by atoms with Crippen LogP contribution in [0.1, 0.15) is 17.9 Å². The van der Waals surface area contributed by atoms with Gasteiger partial charge in [-0.05, 0) is 17.9 Å². The molecule has 0 N–H and O–H groups in total. The maximum absolute atomic E-state index is 12.0. The fourth-order valence-corrected chi connectivity index (χ4v) is 4.51. The third-order valence-corrected chi connectivity index (χ3v) is 5.80. The van der Waals surface area contributed by atoms with Crippen molar-refractivity contribution < 1.29 is 4.79 Å². The number of hydrogen-bond donors (Lipinski definition) is 0. The van der Waals surface area contributed by atoms with Crippen molar-refractivity contribution in [2.45, 2.75) is 12.3 Å². The summed E-state index contributed by atoms with van der Waals surface area (Å²) in [5.74, 6) is 3.34.